The first-order valence-electron chi connectivity index (χ1n) is 14.4. The Labute approximate surface area is 283 Å². The van der Waals surface area contributed by atoms with Gasteiger partial charge < -0.3 is 15.2 Å². The molecule has 0 saturated heterocycles. The smallest absolute Gasteiger partial charge is 0.407 e. The van der Waals surface area contributed by atoms with Gasteiger partial charge in [0.1, 0.15) is 18.2 Å². The molecule has 2 unspecified atom stereocenters. The maximum Gasteiger partial charge on any atom is 0.407 e. The van der Waals surface area contributed by atoms with Crippen molar-refractivity contribution in [2.45, 2.75) is 24.9 Å². The first-order valence-corrected chi connectivity index (χ1v) is 15.9. The molecule has 0 aliphatic carbocycles. The summed E-state index contributed by atoms with van der Waals surface area (Å²) in [5.74, 6) is -1.87. The molecule has 1 amide bonds. The van der Waals surface area contributed by atoms with Crippen LogP contribution in [0.5, 0.6) is 0 Å². The number of carbonyl (C=O) groups is 2. The third kappa shape index (κ3) is 10.9. The van der Waals surface area contributed by atoms with Gasteiger partial charge in [-0.2, -0.15) is 0 Å². The molecule has 0 bridgehead atoms. The average Bonchev–Trinajstić information content (AvgIpc) is 3.06. The summed E-state index contributed by atoms with van der Waals surface area (Å²) in [6.45, 7) is 0.563. The highest BCUT2D eigenvalue weighted by Gasteiger charge is 2.18. The number of benzene rings is 5. The van der Waals surface area contributed by atoms with Crippen molar-refractivity contribution in [3.8, 4) is 0 Å². The van der Waals surface area contributed by atoms with E-state index < -0.39 is 12.1 Å². The van der Waals surface area contributed by atoms with Crippen molar-refractivity contribution < 1.29 is 28.2 Å². The monoisotopic (exact) mass is 749 g/mol. The van der Waals surface area contributed by atoms with E-state index >= 15 is 0 Å². The fraction of sp³-hybridized carbons (Fsp3) is 0.135. The van der Waals surface area contributed by atoms with Crippen LogP contribution in [0.2, 0.25) is 0 Å². The van der Waals surface area contributed by atoms with E-state index in [1.165, 1.54) is 24.3 Å². The molecule has 5 rings (SSSR count). The SMILES string of the molecule is O=C(NCC(c1ccc(F)cc1)c1ccc(Br)cc1)OCc1ccccc1.O=C(O)CC(c1ccc(F)cc1)c1ccc(Br)cc1. The molecule has 0 radical (unpaired) electrons. The zero-order valence-electron chi connectivity index (χ0n) is 24.6. The Morgan fingerprint density at radius 3 is 1.48 bits per heavy atom. The van der Waals surface area contributed by atoms with Gasteiger partial charge in [-0.25, -0.2) is 13.6 Å². The standard InChI is InChI=1S/C22H19BrFNO2.C15H12BrFO2/c23-19-10-6-17(7-11-19)21(18-8-12-20(24)13-9-18)14-25-22(26)27-15-16-4-2-1-3-5-16;16-12-5-1-10(2-6-12)14(9-15(18)19)11-3-7-13(17)8-4-11/h1-13,21H,14-15H2,(H,25,26);1-8,14H,9H2,(H,18,19). The van der Waals surface area contributed by atoms with Crippen LogP contribution >= 0.6 is 31.9 Å². The molecule has 5 aromatic rings. The normalized spacial score (nSPS) is 11.8. The van der Waals surface area contributed by atoms with Crippen LogP contribution in [0.1, 0.15) is 46.1 Å². The van der Waals surface area contributed by atoms with E-state index in [1.54, 1.807) is 24.3 Å². The summed E-state index contributed by atoms with van der Waals surface area (Å²) in [5.41, 5.74) is 4.56. The molecule has 9 heteroatoms. The minimum Gasteiger partial charge on any atom is -0.481 e. The number of rotatable bonds is 10. The van der Waals surface area contributed by atoms with Gasteiger partial charge in [-0.05, 0) is 76.3 Å². The van der Waals surface area contributed by atoms with Crippen molar-refractivity contribution in [1.82, 2.24) is 5.32 Å². The van der Waals surface area contributed by atoms with Crippen molar-refractivity contribution in [3.05, 3.63) is 176 Å². The molecule has 236 valence electrons. The van der Waals surface area contributed by atoms with Crippen molar-refractivity contribution in [2.75, 3.05) is 6.54 Å². The minimum absolute atomic E-state index is 0.0206. The summed E-state index contributed by atoms with van der Waals surface area (Å²) in [5, 5.41) is 11.8. The lowest BCUT2D eigenvalue weighted by atomic mass is 9.88. The second-order valence-electron chi connectivity index (χ2n) is 10.4. The first kappa shape index (κ1) is 34.5. The second kappa shape index (κ2) is 17.4. The van der Waals surface area contributed by atoms with Gasteiger partial charge in [-0.3, -0.25) is 4.79 Å². The number of carbonyl (C=O) groups excluding carboxylic acids is 1. The number of hydrogen-bond acceptors (Lipinski definition) is 3. The Morgan fingerprint density at radius 2 is 1.04 bits per heavy atom. The molecule has 2 N–H and O–H groups in total. The first-order chi connectivity index (χ1) is 22.2. The molecule has 0 fully saturated rings. The highest BCUT2D eigenvalue weighted by atomic mass is 79.9. The van der Waals surface area contributed by atoms with Gasteiger partial charge in [-0.1, -0.05) is 111 Å². The van der Waals surface area contributed by atoms with Crippen LogP contribution in [0, 0.1) is 11.6 Å². The number of alkyl carbamates (subject to hydrolysis) is 1. The lowest BCUT2D eigenvalue weighted by molar-refractivity contribution is -0.137. The zero-order chi connectivity index (χ0) is 32.9. The highest BCUT2D eigenvalue weighted by Crippen LogP contribution is 2.29. The lowest BCUT2D eigenvalue weighted by Gasteiger charge is -2.19. The topological polar surface area (TPSA) is 75.6 Å². The van der Waals surface area contributed by atoms with E-state index in [0.29, 0.717) is 6.54 Å². The van der Waals surface area contributed by atoms with Crippen LogP contribution in [0.4, 0.5) is 13.6 Å². The Morgan fingerprint density at radius 1 is 0.630 bits per heavy atom. The molecule has 0 aliphatic heterocycles. The van der Waals surface area contributed by atoms with E-state index in [1.807, 2.05) is 78.9 Å². The van der Waals surface area contributed by atoms with Gasteiger partial charge in [0.15, 0.2) is 0 Å². The molecule has 5 nitrogen and oxygen atoms in total. The number of carboxylic acid groups (broad SMARTS) is 1. The van der Waals surface area contributed by atoms with Gasteiger partial charge in [0.2, 0.25) is 0 Å². The van der Waals surface area contributed by atoms with E-state index in [2.05, 4.69) is 37.2 Å². The average molecular weight is 751 g/mol. The fourth-order valence-corrected chi connectivity index (χ4v) is 5.30. The summed E-state index contributed by atoms with van der Waals surface area (Å²) < 4.78 is 33.4. The third-order valence-corrected chi connectivity index (χ3v) is 8.19. The Bertz CT molecular complexity index is 1590. The minimum atomic E-state index is -0.878. The Kier molecular flexibility index (Phi) is 13.0. The van der Waals surface area contributed by atoms with Crippen LogP contribution in [-0.2, 0) is 16.1 Å². The summed E-state index contributed by atoms with van der Waals surface area (Å²) in [6, 6.07) is 37.1. The Hall–Kier alpha value is -4.34. The number of ether oxygens (including phenoxy) is 1. The largest absolute Gasteiger partial charge is 0.481 e. The summed E-state index contributed by atoms with van der Waals surface area (Å²) >= 11 is 6.77. The zero-order valence-corrected chi connectivity index (χ0v) is 27.8. The van der Waals surface area contributed by atoms with Crippen LogP contribution < -0.4 is 5.32 Å². The van der Waals surface area contributed by atoms with E-state index in [-0.39, 0.29) is 36.5 Å². The Balaban J connectivity index is 0.000000222. The van der Waals surface area contributed by atoms with Gasteiger partial charge in [0.25, 0.3) is 0 Å². The van der Waals surface area contributed by atoms with Gasteiger partial charge >= 0.3 is 12.1 Å². The maximum absolute atomic E-state index is 13.3. The van der Waals surface area contributed by atoms with Crippen LogP contribution in [0.25, 0.3) is 0 Å². The summed E-state index contributed by atoms with van der Waals surface area (Å²) in [4.78, 5) is 23.1. The predicted octanol–water partition coefficient (Wildman–Crippen LogP) is 9.84. The van der Waals surface area contributed by atoms with Gasteiger partial charge in [-0.15, -0.1) is 0 Å². The number of halogens is 4. The second-order valence-corrected chi connectivity index (χ2v) is 12.2. The molecule has 0 saturated carbocycles. The highest BCUT2D eigenvalue weighted by molar-refractivity contribution is 9.10. The molecule has 0 aromatic heterocycles. The number of amides is 1. The fourth-order valence-electron chi connectivity index (χ4n) is 4.77. The van der Waals surface area contributed by atoms with Crippen molar-refractivity contribution >= 4 is 43.9 Å². The summed E-state index contributed by atoms with van der Waals surface area (Å²) in [7, 11) is 0. The number of nitrogens with one attached hydrogen (secondary N) is 1. The third-order valence-electron chi connectivity index (χ3n) is 7.13. The molecule has 46 heavy (non-hydrogen) atoms. The van der Waals surface area contributed by atoms with Crippen LogP contribution in [-0.4, -0.2) is 23.7 Å². The molecule has 2 atom stereocenters. The molecular weight excluding hydrogens is 720 g/mol. The lowest BCUT2D eigenvalue weighted by Crippen LogP contribution is -2.29. The van der Waals surface area contributed by atoms with Crippen LogP contribution in [0.3, 0.4) is 0 Å². The maximum atomic E-state index is 13.3. The van der Waals surface area contributed by atoms with E-state index in [9.17, 15) is 18.4 Å². The van der Waals surface area contributed by atoms with Gasteiger partial charge in [0, 0.05) is 27.3 Å². The van der Waals surface area contributed by atoms with E-state index in [0.717, 1.165) is 36.8 Å². The number of aliphatic carboxylic acids is 1. The van der Waals surface area contributed by atoms with Crippen molar-refractivity contribution in [3.63, 3.8) is 0 Å². The molecule has 0 heterocycles. The number of hydrogen-bond donors (Lipinski definition) is 2. The summed E-state index contributed by atoms with van der Waals surface area (Å²) in [6.07, 6.45) is -0.504. The van der Waals surface area contributed by atoms with Crippen molar-refractivity contribution in [1.29, 1.82) is 0 Å². The van der Waals surface area contributed by atoms with E-state index in [4.69, 9.17) is 9.84 Å². The van der Waals surface area contributed by atoms with Crippen molar-refractivity contribution in [2.24, 2.45) is 0 Å². The molecule has 0 spiro atoms. The molecular formula is C37H31Br2F2NO4. The predicted molar refractivity (Wildman–Crippen MR) is 182 cm³/mol. The van der Waals surface area contributed by atoms with Crippen LogP contribution in [0.15, 0.2) is 136 Å². The molecule has 0 aliphatic rings. The quantitative estimate of drug-likeness (QED) is 0.149. The molecule has 5 aromatic carbocycles. The van der Waals surface area contributed by atoms with Gasteiger partial charge in [0.05, 0.1) is 6.42 Å². The number of carboxylic acids is 1.